The van der Waals surface area contributed by atoms with Gasteiger partial charge in [-0.25, -0.2) is 0 Å². The summed E-state index contributed by atoms with van der Waals surface area (Å²) < 4.78 is 5.74. The van der Waals surface area contributed by atoms with Crippen LogP contribution in [0.5, 0.6) is 11.5 Å². The number of nitro groups is 1. The van der Waals surface area contributed by atoms with Crippen molar-refractivity contribution in [1.82, 2.24) is 5.32 Å². The lowest BCUT2D eigenvalue weighted by Crippen LogP contribution is -2.30. The first-order valence-corrected chi connectivity index (χ1v) is 7.03. The second-order valence-electron chi connectivity index (χ2n) is 4.89. The standard InChI is InChI=1S/C16H15N3O3/c20-19(21)13-5-7-14(8-6-13)22-15-4-1-3-12(11-15)16-17-9-2-10-18-16/h1,3-8,11H,2,9-10H2,(H,17,18). The SMILES string of the molecule is O=[N+]([O-])c1ccc(Oc2cccc(C3=NCCCN3)c2)cc1. The largest absolute Gasteiger partial charge is 0.457 e. The smallest absolute Gasteiger partial charge is 0.269 e. The van der Waals surface area contributed by atoms with E-state index in [9.17, 15) is 10.1 Å². The summed E-state index contributed by atoms with van der Waals surface area (Å²) >= 11 is 0. The molecule has 3 rings (SSSR count). The van der Waals surface area contributed by atoms with Crippen LogP contribution in [-0.2, 0) is 0 Å². The molecular formula is C16H15N3O3. The van der Waals surface area contributed by atoms with Crippen molar-refractivity contribution in [2.75, 3.05) is 13.1 Å². The van der Waals surface area contributed by atoms with Gasteiger partial charge in [0.2, 0.25) is 0 Å². The second kappa shape index (κ2) is 6.26. The van der Waals surface area contributed by atoms with Crippen molar-refractivity contribution in [3.63, 3.8) is 0 Å². The Morgan fingerprint density at radius 3 is 2.64 bits per heavy atom. The van der Waals surface area contributed by atoms with Gasteiger partial charge < -0.3 is 10.1 Å². The third kappa shape index (κ3) is 3.22. The first kappa shape index (κ1) is 14.1. The molecule has 0 atom stereocenters. The predicted molar refractivity (Wildman–Crippen MR) is 83.6 cm³/mol. The number of aliphatic imine (C=N–C) groups is 1. The van der Waals surface area contributed by atoms with Gasteiger partial charge in [0.25, 0.3) is 5.69 Å². The van der Waals surface area contributed by atoms with Crippen molar-refractivity contribution in [3.05, 3.63) is 64.2 Å². The van der Waals surface area contributed by atoms with Gasteiger partial charge in [-0.2, -0.15) is 0 Å². The number of non-ortho nitro benzene ring substituents is 1. The van der Waals surface area contributed by atoms with Gasteiger partial charge in [0.1, 0.15) is 17.3 Å². The quantitative estimate of drug-likeness (QED) is 0.694. The van der Waals surface area contributed by atoms with E-state index in [0.29, 0.717) is 11.5 Å². The van der Waals surface area contributed by atoms with Gasteiger partial charge in [0, 0.05) is 30.8 Å². The van der Waals surface area contributed by atoms with Gasteiger partial charge in [-0.05, 0) is 30.7 Å². The number of nitrogens with one attached hydrogen (secondary N) is 1. The molecule has 0 spiro atoms. The molecular weight excluding hydrogens is 282 g/mol. The number of amidine groups is 1. The molecule has 0 saturated heterocycles. The number of nitro benzene ring substituents is 1. The average Bonchev–Trinajstić information content (AvgIpc) is 2.56. The number of rotatable bonds is 4. The lowest BCUT2D eigenvalue weighted by atomic mass is 10.1. The molecule has 0 aliphatic carbocycles. The minimum Gasteiger partial charge on any atom is -0.457 e. The fourth-order valence-electron chi connectivity index (χ4n) is 2.20. The second-order valence-corrected chi connectivity index (χ2v) is 4.89. The zero-order chi connectivity index (χ0) is 15.4. The van der Waals surface area contributed by atoms with Crippen LogP contribution in [0.4, 0.5) is 5.69 Å². The van der Waals surface area contributed by atoms with E-state index in [1.54, 1.807) is 12.1 Å². The van der Waals surface area contributed by atoms with E-state index in [2.05, 4.69) is 10.3 Å². The first-order chi connectivity index (χ1) is 10.7. The van der Waals surface area contributed by atoms with E-state index in [4.69, 9.17) is 4.74 Å². The third-order valence-corrected chi connectivity index (χ3v) is 3.29. The normalized spacial score (nSPS) is 13.9. The first-order valence-electron chi connectivity index (χ1n) is 7.03. The van der Waals surface area contributed by atoms with Gasteiger partial charge in [-0.1, -0.05) is 12.1 Å². The molecule has 112 valence electrons. The van der Waals surface area contributed by atoms with Crippen molar-refractivity contribution < 1.29 is 9.66 Å². The molecule has 0 amide bonds. The maximum atomic E-state index is 10.6. The van der Waals surface area contributed by atoms with E-state index < -0.39 is 4.92 Å². The van der Waals surface area contributed by atoms with Crippen molar-refractivity contribution in [1.29, 1.82) is 0 Å². The summed E-state index contributed by atoms with van der Waals surface area (Å²) in [6.07, 6.45) is 1.04. The summed E-state index contributed by atoms with van der Waals surface area (Å²) in [5.74, 6) is 2.10. The maximum absolute atomic E-state index is 10.6. The minimum absolute atomic E-state index is 0.0434. The molecule has 6 nitrogen and oxygen atoms in total. The molecule has 0 aromatic heterocycles. The Morgan fingerprint density at radius 2 is 1.95 bits per heavy atom. The molecule has 22 heavy (non-hydrogen) atoms. The number of benzene rings is 2. The lowest BCUT2D eigenvalue weighted by molar-refractivity contribution is -0.384. The topological polar surface area (TPSA) is 76.8 Å². The highest BCUT2D eigenvalue weighted by Gasteiger charge is 2.09. The Kier molecular flexibility index (Phi) is 4.00. The Hall–Kier alpha value is -2.89. The molecule has 1 heterocycles. The number of hydrogen-bond donors (Lipinski definition) is 1. The van der Waals surface area contributed by atoms with E-state index in [0.717, 1.165) is 30.9 Å². The summed E-state index contributed by atoms with van der Waals surface area (Å²) in [7, 11) is 0. The summed E-state index contributed by atoms with van der Waals surface area (Å²) in [5.41, 5.74) is 1.01. The highest BCUT2D eigenvalue weighted by atomic mass is 16.6. The van der Waals surface area contributed by atoms with Crippen LogP contribution < -0.4 is 10.1 Å². The molecule has 1 N–H and O–H groups in total. The Labute approximate surface area is 127 Å². The van der Waals surface area contributed by atoms with Crippen molar-refractivity contribution in [2.45, 2.75) is 6.42 Å². The number of nitrogens with zero attached hydrogens (tertiary/aromatic N) is 2. The summed E-state index contributed by atoms with van der Waals surface area (Å²) in [5, 5.41) is 13.9. The summed E-state index contributed by atoms with van der Waals surface area (Å²) in [4.78, 5) is 14.7. The van der Waals surface area contributed by atoms with E-state index in [1.807, 2.05) is 24.3 Å². The van der Waals surface area contributed by atoms with Crippen LogP contribution in [0.25, 0.3) is 0 Å². The fourth-order valence-corrected chi connectivity index (χ4v) is 2.20. The fraction of sp³-hybridized carbons (Fsp3) is 0.188. The Balaban J connectivity index is 1.77. The molecule has 0 saturated carbocycles. The Morgan fingerprint density at radius 1 is 1.14 bits per heavy atom. The molecule has 0 unspecified atom stereocenters. The molecule has 1 aliphatic rings. The third-order valence-electron chi connectivity index (χ3n) is 3.29. The summed E-state index contributed by atoms with van der Waals surface area (Å²) in [6.45, 7) is 1.75. The molecule has 0 bridgehead atoms. The summed E-state index contributed by atoms with van der Waals surface area (Å²) in [6, 6.07) is 13.6. The molecule has 6 heteroatoms. The predicted octanol–water partition coefficient (Wildman–Crippen LogP) is 3.13. The van der Waals surface area contributed by atoms with E-state index in [1.165, 1.54) is 12.1 Å². The van der Waals surface area contributed by atoms with Crippen LogP contribution in [0.2, 0.25) is 0 Å². The van der Waals surface area contributed by atoms with Crippen LogP contribution in [-0.4, -0.2) is 23.8 Å². The van der Waals surface area contributed by atoms with Crippen molar-refractivity contribution in [3.8, 4) is 11.5 Å². The van der Waals surface area contributed by atoms with Crippen LogP contribution >= 0.6 is 0 Å². The van der Waals surface area contributed by atoms with Gasteiger partial charge in [0.05, 0.1) is 4.92 Å². The van der Waals surface area contributed by atoms with Crippen molar-refractivity contribution in [2.24, 2.45) is 4.99 Å². The van der Waals surface area contributed by atoms with Crippen LogP contribution in [0.1, 0.15) is 12.0 Å². The minimum atomic E-state index is -0.433. The highest BCUT2D eigenvalue weighted by molar-refractivity contribution is 5.99. The average molecular weight is 297 g/mol. The highest BCUT2D eigenvalue weighted by Crippen LogP contribution is 2.24. The molecule has 2 aromatic rings. The van der Waals surface area contributed by atoms with Crippen LogP contribution in [0, 0.1) is 10.1 Å². The van der Waals surface area contributed by atoms with Gasteiger partial charge >= 0.3 is 0 Å². The van der Waals surface area contributed by atoms with Crippen molar-refractivity contribution >= 4 is 11.5 Å². The van der Waals surface area contributed by atoms with Gasteiger partial charge in [0.15, 0.2) is 0 Å². The zero-order valence-electron chi connectivity index (χ0n) is 11.9. The molecule has 0 fully saturated rings. The Bertz CT molecular complexity index is 711. The lowest BCUT2D eigenvalue weighted by Gasteiger charge is -2.15. The maximum Gasteiger partial charge on any atom is 0.269 e. The zero-order valence-corrected chi connectivity index (χ0v) is 11.9. The molecule has 1 aliphatic heterocycles. The monoisotopic (exact) mass is 297 g/mol. The van der Waals surface area contributed by atoms with Crippen LogP contribution in [0.15, 0.2) is 53.5 Å². The molecule has 0 radical (unpaired) electrons. The van der Waals surface area contributed by atoms with E-state index in [-0.39, 0.29) is 5.69 Å². The number of hydrogen-bond acceptors (Lipinski definition) is 5. The van der Waals surface area contributed by atoms with E-state index >= 15 is 0 Å². The van der Waals surface area contributed by atoms with Crippen LogP contribution in [0.3, 0.4) is 0 Å². The van der Waals surface area contributed by atoms with Gasteiger partial charge in [-0.3, -0.25) is 15.1 Å². The van der Waals surface area contributed by atoms with Gasteiger partial charge in [-0.15, -0.1) is 0 Å². The molecule has 2 aromatic carbocycles. The number of ether oxygens (including phenoxy) is 1.